The molecule has 3 aromatic rings. The number of hydrogen-bond donors (Lipinski definition) is 1. The third kappa shape index (κ3) is 5.24. The third-order valence-electron chi connectivity index (χ3n) is 4.37. The van der Waals surface area contributed by atoms with E-state index < -0.39 is 5.97 Å². The van der Waals surface area contributed by atoms with Crippen LogP contribution in [0.3, 0.4) is 0 Å². The largest absolute Gasteiger partial charge is 0.497 e. The van der Waals surface area contributed by atoms with Crippen molar-refractivity contribution in [1.82, 2.24) is 0 Å². The van der Waals surface area contributed by atoms with E-state index in [0.717, 1.165) is 5.56 Å². The van der Waals surface area contributed by atoms with Crippen molar-refractivity contribution in [1.29, 1.82) is 0 Å². The van der Waals surface area contributed by atoms with Crippen LogP contribution in [0.5, 0.6) is 11.5 Å². The molecule has 154 valence electrons. The zero-order valence-corrected chi connectivity index (χ0v) is 16.4. The van der Waals surface area contributed by atoms with Gasteiger partial charge in [-0.15, -0.1) is 0 Å². The fraction of sp³-hybridized carbons (Fsp3) is 0.125. The SMILES string of the molecule is C=C(OC)c1ccc(OC(=O)c2cc(CO)cc(OCc3ccccc3F)c2)cc1. The van der Waals surface area contributed by atoms with Gasteiger partial charge in [0.15, 0.2) is 0 Å². The first-order chi connectivity index (χ1) is 14.5. The summed E-state index contributed by atoms with van der Waals surface area (Å²) < 4.78 is 29.9. The van der Waals surface area contributed by atoms with E-state index in [-0.39, 0.29) is 24.6 Å². The Morgan fingerprint density at radius 1 is 1.00 bits per heavy atom. The van der Waals surface area contributed by atoms with Gasteiger partial charge in [0.25, 0.3) is 0 Å². The maximum atomic E-state index is 13.8. The van der Waals surface area contributed by atoms with Crippen LogP contribution < -0.4 is 9.47 Å². The molecule has 6 heteroatoms. The summed E-state index contributed by atoms with van der Waals surface area (Å²) in [6.45, 7) is 3.46. The van der Waals surface area contributed by atoms with E-state index in [9.17, 15) is 14.3 Å². The molecule has 0 unspecified atom stereocenters. The number of rotatable bonds is 8. The molecule has 0 aliphatic heterocycles. The number of aliphatic hydroxyl groups excluding tert-OH is 1. The highest BCUT2D eigenvalue weighted by atomic mass is 19.1. The van der Waals surface area contributed by atoms with Gasteiger partial charge in [0.05, 0.1) is 19.3 Å². The van der Waals surface area contributed by atoms with Crippen molar-refractivity contribution in [3.8, 4) is 11.5 Å². The molecule has 0 saturated carbocycles. The van der Waals surface area contributed by atoms with Crippen molar-refractivity contribution in [3.05, 3.63) is 101 Å². The number of halogens is 1. The van der Waals surface area contributed by atoms with E-state index in [2.05, 4.69) is 6.58 Å². The van der Waals surface area contributed by atoms with Gasteiger partial charge in [0.2, 0.25) is 0 Å². The second-order valence-corrected chi connectivity index (χ2v) is 6.45. The van der Waals surface area contributed by atoms with Crippen LogP contribution in [0.2, 0.25) is 0 Å². The van der Waals surface area contributed by atoms with Crippen LogP contribution in [0.15, 0.2) is 73.3 Å². The van der Waals surface area contributed by atoms with Crippen molar-refractivity contribution in [2.75, 3.05) is 7.11 Å². The average Bonchev–Trinajstić information content (AvgIpc) is 2.78. The molecule has 0 saturated heterocycles. The quantitative estimate of drug-likeness (QED) is 0.332. The third-order valence-corrected chi connectivity index (χ3v) is 4.37. The van der Waals surface area contributed by atoms with Gasteiger partial charge in [-0.2, -0.15) is 0 Å². The Bertz CT molecular complexity index is 1040. The summed E-state index contributed by atoms with van der Waals surface area (Å²) in [6.07, 6.45) is 0. The van der Waals surface area contributed by atoms with Gasteiger partial charge in [-0.05, 0) is 54.1 Å². The maximum absolute atomic E-state index is 13.8. The number of esters is 1. The van der Waals surface area contributed by atoms with Gasteiger partial charge in [-0.25, -0.2) is 9.18 Å². The summed E-state index contributed by atoms with van der Waals surface area (Å²) in [4.78, 5) is 12.6. The standard InChI is InChI=1S/C24H21FO5/c1-16(28-2)18-7-9-21(10-8-18)30-24(27)20-11-17(14-26)12-22(13-20)29-15-19-5-3-4-6-23(19)25/h3-13,26H,1,14-15H2,2H3. The van der Waals surface area contributed by atoms with Gasteiger partial charge in [-0.3, -0.25) is 0 Å². The smallest absolute Gasteiger partial charge is 0.343 e. The lowest BCUT2D eigenvalue weighted by atomic mass is 10.1. The molecule has 1 N–H and O–H groups in total. The molecule has 0 fully saturated rings. The van der Waals surface area contributed by atoms with Crippen LogP contribution >= 0.6 is 0 Å². The molecule has 0 aliphatic rings. The van der Waals surface area contributed by atoms with Crippen molar-refractivity contribution >= 4 is 11.7 Å². The summed E-state index contributed by atoms with van der Waals surface area (Å²) in [6, 6.07) is 17.6. The second-order valence-electron chi connectivity index (χ2n) is 6.45. The minimum Gasteiger partial charge on any atom is -0.497 e. The number of benzene rings is 3. The van der Waals surface area contributed by atoms with Gasteiger partial charge in [-0.1, -0.05) is 24.8 Å². The molecule has 0 aromatic heterocycles. The molecular formula is C24H21FO5. The highest BCUT2D eigenvalue weighted by Crippen LogP contribution is 2.23. The molecule has 0 bridgehead atoms. The van der Waals surface area contributed by atoms with E-state index in [1.54, 1.807) is 48.5 Å². The zero-order valence-electron chi connectivity index (χ0n) is 16.4. The van der Waals surface area contributed by atoms with Gasteiger partial charge < -0.3 is 19.3 Å². The highest BCUT2D eigenvalue weighted by Gasteiger charge is 2.13. The van der Waals surface area contributed by atoms with E-state index in [4.69, 9.17) is 14.2 Å². The molecule has 0 radical (unpaired) electrons. The topological polar surface area (TPSA) is 65.0 Å². The van der Waals surface area contributed by atoms with Crippen molar-refractivity contribution in [3.63, 3.8) is 0 Å². The van der Waals surface area contributed by atoms with Gasteiger partial charge in [0, 0.05) is 11.1 Å². The summed E-state index contributed by atoms with van der Waals surface area (Å²) in [5, 5.41) is 9.51. The molecular weight excluding hydrogens is 387 g/mol. The normalized spacial score (nSPS) is 10.4. The van der Waals surface area contributed by atoms with Crippen LogP contribution in [0.4, 0.5) is 4.39 Å². The van der Waals surface area contributed by atoms with Gasteiger partial charge in [0.1, 0.15) is 29.7 Å². The number of hydrogen-bond acceptors (Lipinski definition) is 5. The number of carbonyl (C=O) groups excluding carboxylic acids is 1. The number of methoxy groups -OCH3 is 1. The van der Waals surface area contributed by atoms with Crippen LogP contribution in [-0.2, 0) is 18.0 Å². The minimum absolute atomic E-state index is 0.0130. The van der Waals surface area contributed by atoms with Crippen LogP contribution in [0, 0.1) is 5.82 Å². The second kappa shape index (κ2) is 9.71. The summed E-state index contributed by atoms with van der Waals surface area (Å²) in [7, 11) is 1.52. The molecule has 5 nitrogen and oxygen atoms in total. The van der Waals surface area contributed by atoms with E-state index >= 15 is 0 Å². The van der Waals surface area contributed by atoms with Crippen molar-refractivity contribution < 1.29 is 28.5 Å². The lowest BCUT2D eigenvalue weighted by Gasteiger charge is -2.11. The minimum atomic E-state index is -0.612. The Hall–Kier alpha value is -3.64. The predicted octanol–water partition coefficient (Wildman–Crippen LogP) is 4.73. The summed E-state index contributed by atoms with van der Waals surface area (Å²) in [5.41, 5.74) is 1.83. The Labute approximate surface area is 174 Å². The summed E-state index contributed by atoms with van der Waals surface area (Å²) >= 11 is 0. The molecule has 30 heavy (non-hydrogen) atoms. The summed E-state index contributed by atoms with van der Waals surface area (Å²) in [5.74, 6) is 0.175. The van der Waals surface area contributed by atoms with E-state index in [1.807, 2.05) is 0 Å². The predicted molar refractivity (Wildman–Crippen MR) is 111 cm³/mol. The van der Waals surface area contributed by atoms with E-state index in [1.165, 1.54) is 25.3 Å². The first kappa shape index (κ1) is 21.1. The van der Waals surface area contributed by atoms with Crippen molar-refractivity contribution in [2.45, 2.75) is 13.2 Å². The molecule has 0 atom stereocenters. The molecule has 0 aliphatic carbocycles. The van der Waals surface area contributed by atoms with Crippen LogP contribution in [0.1, 0.15) is 27.0 Å². The Balaban J connectivity index is 1.74. The average molecular weight is 408 g/mol. The highest BCUT2D eigenvalue weighted by molar-refractivity contribution is 5.91. The number of carbonyl (C=O) groups is 1. The molecule has 3 rings (SSSR count). The lowest BCUT2D eigenvalue weighted by Crippen LogP contribution is -2.10. The molecule has 0 heterocycles. The first-order valence-electron chi connectivity index (χ1n) is 9.16. The Morgan fingerprint density at radius 2 is 1.73 bits per heavy atom. The molecule has 0 spiro atoms. The fourth-order valence-electron chi connectivity index (χ4n) is 2.72. The molecule has 3 aromatic carbocycles. The van der Waals surface area contributed by atoms with Crippen LogP contribution in [-0.4, -0.2) is 18.2 Å². The number of aliphatic hydroxyl groups is 1. The number of ether oxygens (including phenoxy) is 3. The first-order valence-corrected chi connectivity index (χ1v) is 9.16. The molecule has 0 amide bonds. The monoisotopic (exact) mass is 408 g/mol. The van der Waals surface area contributed by atoms with Gasteiger partial charge >= 0.3 is 5.97 Å². The van der Waals surface area contributed by atoms with Crippen molar-refractivity contribution in [2.24, 2.45) is 0 Å². The fourth-order valence-corrected chi connectivity index (χ4v) is 2.72. The Morgan fingerprint density at radius 3 is 2.40 bits per heavy atom. The zero-order chi connectivity index (χ0) is 21.5. The van der Waals surface area contributed by atoms with Crippen LogP contribution in [0.25, 0.3) is 5.76 Å². The van der Waals surface area contributed by atoms with E-state index in [0.29, 0.717) is 28.4 Å². The Kier molecular flexibility index (Phi) is 6.83. The lowest BCUT2D eigenvalue weighted by molar-refractivity contribution is 0.0734. The maximum Gasteiger partial charge on any atom is 0.343 e.